The molecule has 0 spiro atoms. The average molecular weight is 261 g/mol. The van der Waals surface area contributed by atoms with Gasteiger partial charge in [0.2, 0.25) is 11.9 Å². The lowest BCUT2D eigenvalue weighted by Gasteiger charge is -2.17. The summed E-state index contributed by atoms with van der Waals surface area (Å²) in [7, 11) is 0. The number of pyridine rings is 1. The highest BCUT2D eigenvalue weighted by atomic mass is 19.1. The van der Waals surface area contributed by atoms with Gasteiger partial charge in [0, 0.05) is 0 Å². The first-order chi connectivity index (χ1) is 8.43. The summed E-state index contributed by atoms with van der Waals surface area (Å²) in [5, 5.41) is 19.2. The number of carbonyl (C=O) groups is 1. The molecule has 5 nitrogen and oxygen atoms in total. The fourth-order valence-corrected chi connectivity index (χ4v) is 1.38. The zero-order valence-corrected chi connectivity index (χ0v) is 9.64. The van der Waals surface area contributed by atoms with Gasteiger partial charge in [-0.25, -0.2) is 0 Å². The molecule has 0 amide bonds. The molecule has 0 fully saturated rings. The lowest BCUT2D eigenvalue weighted by Crippen LogP contribution is -2.23. The number of aliphatic hydroxyl groups is 2. The van der Waals surface area contributed by atoms with Gasteiger partial charge in [-0.3, -0.25) is 4.79 Å². The first-order valence-corrected chi connectivity index (χ1v) is 5.28. The third-order valence-corrected chi connectivity index (χ3v) is 2.17. The van der Waals surface area contributed by atoms with E-state index in [1.807, 2.05) is 0 Å². The van der Waals surface area contributed by atoms with Crippen LogP contribution in [0.1, 0.15) is 25.0 Å². The van der Waals surface area contributed by atoms with Gasteiger partial charge >= 0.3 is 5.97 Å². The summed E-state index contributed by atoms with van der Waals surface area (Å²) < 4.78 is 30.2. The first-order valence-electron chi connectivity index (χ1n) is 5.28. The molecule has 0 aliphatic heterocycles. The van der Waals surface area contributed by atoms with Crippen molar-refractivity contribution in [3.63, 3.8) is 0 Å². The standard InChI is InChI=1S/C11H13F2NO4/c1-2-18-10(16)5-7(15)11(17)6-3-8(12)14-9(13)4-6/h3-4,7,11,15,17H,2,5H2,1H3. The van der Waals surface area contributed by atoms with E-state index < -0.39 is 36.5 Å². The number of aromatic nitrogens is 1. The monoisotopic (exact) mass is 261 g/mol. The van der Waals surface area contributed by atoms with Gasteiger partial charge in [-0.05, 0) is 24.6 Å². The van der Waals surface area contributed by atoms with Crippen LogP contribution in [0.2, 0.25) is 0 Å². The smallest absolute Gasteiger partial charge is 0.308 e. The molecule has 1 heterocycles. The van der Waals surface area contributed by atoms with Crippen LogP contribution >= 0.6 is 0 Å². The highest BCUT2D eigenvalue weighted by Gasteiger charge is 2.23. The number of esters is 1. The molecule has 100 valence electrons. The third-order valence-electron chi connectivity index (χ3n) is 2.17. The Kier molecular flexibility index (Phi) is 5.11. The van der Waals surface area contributed by atoms with Crippen LogP contribution in [0.25, 0.3) is 0 Å². The second-order valence-electron chi connectivity index (χ2n) is 3.57. The molecule has 18 heavy (non-hydrogen) atoms. The van der Waals surface area contributed by atoms with Crippen molar-refractivity contribution < 1.29 is 28.5 Å². The SMILES string of the molecule is CCOC(=O)CC(O)C(O)c1cc(F)nc(F)c1. The van der Waals surface area contributed by atoms with E-state index in [0.717, 1.165) is 12.1 Å². The van der Waals surface area contributed by atoms with Gasteiger partial charge in [0.1, 0.15) is 6.10 Å². The Morgan fingerprint density at radius 1 is 1.39 bits per heavy atom. The van der Waals surface area contributed by atoms with Gasteiger partial charge in [-0.1, -0.05) is 0 Å². The summed E-state index contributed by atoms with van der Waals surface area (Å²) in [6.07, 6.45) is -3.58. The molecule has 1 aromatic rings. The van der Waals surface area contributed by atoms with Crippen LogP contribution in [-0.4, -0.2) is 33.9 Å². The van der Waals surface area contributed by atoms with Crippen molar-refractivity contribution >= 4 is 5.97 Å². The molecule has 0 saturated heterocycles. The maximum Gasteiger partial charge on any atom is 0.308 e. The van der Waals surface area contributed by atoms with Crippen LogP contribution in [-0.2, 0) is 9.53 Å². The molecule has 0 saturated carbocycles. The Bertz CT molecular complexity index is 407. The Morgan fingerprint density at radius 2 is 1.94 bits per heavy atom. The van der Waals surface area contributed by atoms with Crippen LogP contribution in [0, 0.1) is 11.9 Å². The summed E-state index contributed by atoms with van der Waals surface area (Å²) >= 11 is 0. The van der Waals surface area contributed by atoms with Crippen molar-refractivity contribution in [2.24, 2.45) is 0 Å². The van der Waals surface area contributed by atoms with Gasteiger partial charge in [0.25, 0.3) is 0 Å². The number of hydrogen-bond donors (Lipinski definition) is 2. The third kappa shape index (κ3) is 4.01. The number of nitrogens with zero attached hydrogens (tertiary/aromatic N) is 1. The number of hydrogen-bond acceptors (Lipinski definition) is 5. The van der Waals surface area contributed by atoms with Crippen molar-refractivity contribution in [3.8, 4) is 0 Å². The lowest BCUT2D eigenvalue weighted by atomic mass is 10.0. The predicted octanol–water partition coefficient (Wildman–Crippen LogP) is 0.707. The molecule has 0 aliphatic rings. The van der Waals surface area contributed by atoms with Crippen molar-refractivity contribution in [3.05, 3.63) is 29.6 Å². The Labute approximate surface area is 102 Å². The molecular formula is C11H13F2NO4. The number of carbonyl (C=O) groups excluding carboxylic acids is 1. The number of aliphatic hydroxyl groups excluding tert-OH is 2. The van der Waals surface area contributed by atoms with Crippen LogP contribution in [0.5, 0.6) is 0 Å². The fraction of sp³-hybridized carbons (Fsp3) is 0.455. The molecule has 0 aliphatic carbocycles. The van der Waals surface area contributed by atoms with E-state index in [-0.39, 0.29) is 12.2 Å². The molecule has 0 radical (unpaired) electrons. The summed E-state index contributed by atoms with van der Waals surface area (Å²) in [6.45, 7) is 1.73. The van der Waals surface area contributed by atoms with Crippen molar-refractivity contribution in [2.75, 3.05) is 6.61 Å². The number of halogens is 2. The van der Waals surface area contributed by atoms with Crippen molar-refractivity contribution in [2.45, 2.75) is 25.6 Å². The second kappa shape index (κ2) is 6.36. The normalized spacial score (nSPS) is 14.1. The summed E-state index contributed by atoms with van der Waals surface area (Å²) in [4.78, 5) is 13.9. The molecule has 0 aromatic carbocycles. The molecule has 0 bridgehead atoms. The fourth-order valence-electron chi connectivity index (χ4n) is 1.38. The zero-order valence-electron chi connectivity index (χ0n) is 9.64. The Hall–Kier alpha value is -1.60. The summed E-state index contributed by atoms with van der Waals surface area (Å²) in [6, 6.07) is 1.56. The number of rotatable bonds is 5. The van der Waals surface area contributed by atoms with Crippen LogP contribution in [0.4, 0.5) is 8.78 Å². The van der Waals surface area contributed by atoms with E-state index >= 15 is 0 Å². The Morgan fingerprint density at radius 3 is 2.44 bits per heavy atom. The Balaban J connectivity index is 2.73. The predicted molar refractivity (Wildman–Crippen MR) is 56.4 cm³/mol. The molecule has 1 rings (SSSR count). The average Bonchev–Trinajstić information content (AvgIpc) is 2.26. The molecule has 2 unspecified atom stereocenters. The van der Waals surface area contributed by atoms with Crippen molar-refractivity contribution in [1.29, 1.82) is 0 Å². The highest BCUT2D eigenvalue weighted by Crippen LogP contribution is 2.20. The second-order valence-corrected chi connectivity index (χ2v) is 3.57. The zero-order chi connectivity index (χ0) is 13.7. The quantitative estimate of drug-likeness (QED) is 0.602. The van der Waals surface area contributed by atoms with E-state index in [2.05, 4.69) is 9.72 Å². The van der Waals surface area contributed by atoms with Gasteiger partial charge < -0.3 is 14.9 Å². The summed E-state index contributed by atoms with van der Waals surface area (Å²) in [5.74, 6) is -2.95. The largest absolute Gasteiger partial charge is 0.466 e. The number of ether oxygens (including phenoxy) is 1. The molecule has 2 N–H and O–H groups in total. The topological polar surface area (TPSA) is 79.7 Å². The minimum absolute atomic E-state index is 0.139. The first kappa shape index (κ1) is 14.5. The lowest BCUT2D eigenvalue weighted by molar-refractivity contribution is -0.147. The maximum absolute atomic E-state index is 12.8. The minimum atomic E-state index is -1.60. The van der Waals surface area contributed by atoms with E-state index in [0.29, 0.717) is 0 Å². The van der Waals surface area contributed by atoms with Gasteiger partial charge in [-0.2, -0.15) is 13.8 Å². The summed E-state index contributed by atoms with van der Waals surface area (Å²) in [5.41, 5.74) is -0.197. The van der Waals surface area contributed by atoms with Crippen LogP contribution < -0.4 is 0 Å². The van der Waals surface area contributed by atoms with Gasteiger partial charge in [0.05, 0.1) is 19.1 Å². The molecular weight excluding hydrogens is 248 g/mol. The molecule has 7 heteroatoms. The minimum Gasteiger partial charge on any atom is -0.466 e. The molecule has 1 aromatic heterocycles. The van der Waals surface area contributed by atoms with Crippen molar-refractivity contribution in [1.82, 2.24) is 4.98 Å². The van der Waals surface area contributed by atoms with Gasteiger partial charge in [-0.15, -0.1) is 0 Å². The van der Waals surface area contributed by atoms with Crippen LogP contribution in [0.3, 0.4) is 0 Å². The molecule has 2 atom stereocenters. The van der Waals surface area contributed by atoms with E-state index in [9.17, 15) is 23.8 Å². The van der Waals surface area contributed by atoms with E-state index in [1.54, 1.807) is 6.92 Å². The highest BCUT2D eigenvalue weighted by molar-refractivity contribution is 5.70. The van der Waals surface area contributed by atoms with Crippen LogP contribution in [0.15, 0.2) is 12.1 Å². The van der Waals surface area contributed by atoms with E-state index in [4.69, 9.17) is 0 Å². The van der Waals surface area contributed by atoms with E-state index in [1.165, 1.54) is 0 Å². The maximum atomic E-state index is 12.8. The van der Waals surface area contributed by atoms with Gasteiger partial charge in [0.15, 0.2) is 0 Å².